The van der Waals surface area contributed by atoms with E-state index in [0.717, 1.165) is 0 Å². The Morgan fingerprint density at radius 3 is 1.56 bits per heavy atom. The minimum absolute atomic E-state index is 0.0941. The van der Waals surface area contributed by atoms with Gasteiger partial charge in [0.1, 0.15) is 47.4 Å². The quantitative estimate of drug-likeness (QED) is 0.0823. The second-order valence-corrected chi connectivity index (χ2v) is 13.2. The second-order valence-electron chi connectivity index (χ2n) is 12.8. The van der Waals surface area contributed by atoms with Crippen LogP contribution >= 0.6 is 11.6 Å². The molecule has 8 aromatic rings. The highest BCUT2D eigenvalue weighted by Gasteiger charge is 2.16. The summed E-state index contributed by atoms with van der Waals surface area (Å²) in [6.45, 7) is 0.252. The van der Waals surface area contributed by atoms with Gasteiger partial charge in [-0.1, -0.05) is 84.6 Å². The van der Waals surface area contributed by atoms with Gasteiger partial charge in [-0.3, -0.25) is 19.2 Å². The van der Waals surface area contributed by atoms with E-state index < -0.39 is 5.24 Å². The summed E-state index contributed by atoms with van der Waals surface area (Å²) >= 11 is 5.16. The van der Waals surface area contributed by atoms with Crippen molar-refractivity contribution in [2.24, 2.45) is 0 Å². The Hall–Kier alpha value is -8.31. The maximum atomic E-state index is 12.7. The third-order valence-electron chi connectivity index (χ3n) is 8.75. The molecule has 0 unspecified atom stereocenters. The van der Waals surface area contributed by atoms with E-state index in [1.54, 1.807) is 127 Å². The van der Waals surface area contributed by atoms with Gasteiger partial charge in [0.2, 0.25) is 0 Å². The van der Waals surface area contributed by atoms with Gasteiger partial charge in [-0.25, -0.2) is 0 Å². The molecule has 0 saturated carbocycles. The van der Waals surface area contributed by atoms with E-state index >= 15 is 0 Å². The van der Waals surface area contributed by atoms with E-state index in [4.69, 9.17) is 48.5 Å². The summed E-state index contributed by atoms with van der Waals surface area (Å²) in [5.41, 5.74) is 9.79. The van der Waals surface area contributed by atoms with Crippen LogP contribution in [0.25, 0.3) is 44.6 Å². The molecule has 300 valence electrons. The molecule has 0 aliphatic rings. The first-order valence-electron chi connectivity index (χ1n) is 18.5. The van der Waals surface area contributed by atoms with Gasteiger partial charge in [0.25, 0.3) is 11.1 Å². The molecule has 0 aliphatic heterocycles. The molecule has 10 nitrogen and oxygen atoms in total. The number of amides is 1. The highest BCUT2D eigenvalue weighted by molar-refractivity contribution is 6.67. The number of fused-ring (bicyclic) bond motifs is 2. The Morgan fingerprint density at radius 2 is 1.05 bits per heavy atom. The lowest BCUT2D eigenvalue weighted by atomic mass is 10.1. The zero-order chi connectivity index (χ0) is 43.1. The Kier molecular flexibility index (Phi) is 14.1. The van der Waals surface area contributed by atoms with Crippen molar-refractivity contribution in [3.8, 4) is 58.8 Å². The van der Waals surface area contributed by atoms with Crippen molar-refractivity contribution in [2.45, 2.75) is 0 Å². The van der Waals surface area contributed by atoms with E-state index in [1.807, 2.05) is 18.2 Å². The summed E-state index contributed by atoms with van der Waals surface area (Å²) in [6.07, 6.45) is 10.5. The summed E-state index contributed by atoms with van der Waals surface area (Å²) in [6, 6.07) is 44.7. The summed E-state index contributed by atoms with van der Waals surface area (Å²) in [4.78, 5) is 47.8. The largest absolute Gasteiger partial charge is 0.481 e. The van der Waals surface area contributed by atoms with Crippen molar-refractivity contribution >= 4 is 56.1 Å². The summed E-state index contributed by atoms with van der Waals surface area (Å²) in [7, 11) is 0. The first-order chi connectivity index (χ1) is 29.6. The van der Waals surface area contributed by atoms with Gasteiger partial charge in [-0.15, -0.1) is 12.8 Å². The number of carbonyl (C=O) groups excluding carboxylic acids is 2. The van der Waals surface area contributed by atoms with Gasteiger partial charge in [0.15, 0.2) is 10.9 Å². The van der Waals surface area contributed by atoms with Crippen molar-refractivity contribution < 1.29 is 27.9 Å². The monoisotopic (exact) mass is 826 g/mol. The fourth-order valence-electron chi connectivity index (χ4n) is 5.84. The van der Waals surface area contributed by atoms with Crippen LogP contribution in [-0.2, 0) is 0 Å². The molecule has 0 saturated heterocycles. The van der Waals surface area contributed by atoms with Gasteiger partial charge in [0, 0.05) is 40.1 Å². The molecule has 8 rings (SSSR count). The van der Waals surface area contributed by atoms with E-state index in [2.05, 4.69) is 17.2 Å². The molecular formula is C50H35ClN2O8. The second kappa shape index (κ2) is 20.4. The Bertz CT molecular complexity index is 3040. The molecule has 3 N–H and O–H groups in total. The molecule has 61 heavy (non-hydrogen) atoms. The maximum Gasteiger partial charge on any atom is 0.255 e. The van der Waals surface area contributed by atoms with Crippen LogP contribution in [0.15, 0.2) is 176 Å². The molecule has 0 spiro atoms. The highest BCUT2D eigenvalue weighted by atomic mass is 35.5. The first kappa shape index (κ1) is 42.3. The predicted molar refractivity (Wildman–Crippen MR) is 240 cm³/mol. The van der Waals surface area contributed by atoms with Gasteiger partial charge in [-0.05, 0) is 84.4 Å². The van der Waals surface area contributed by atoms with E-state index in [0.29, 0.717) is 78.6 Å². The Balaban J connectivity index is 0.000000175. The molecular weight excluding hydrogens is 792 g/mol. The molecule has 0 bridgehead atoms. The van der Waals surface area contributed by atoms with Crippen LogP contribution in [0.1, 0.15) is 20.7 Å². The molecule has 2 aromatic heterocycles. The number of hydrogen-bond donors (Lipinski definition) is 2. The minimum Gasteiger partial charge on any atom is -0.481 e. The number of nitrogens with one attached hydrogen (secondary N) is 1. The normalized spacial score (nSPS) is 10.1. The van der Waals surface area contributed by atoms with E-state index in [9.17, 15) is 19.2 Å². The highest BCUT2D eigenvalue weighted by Crippen LogP contribution is 2.34. The predicted octanol–water partition coefficient (Wildman–Crippen LogP) is 9.84. The molecule has 6 aromatic carbocycles. The van der Waals surface area contributed by atoms with Crippen LogP contribution < -0.4 is 31.4 Å². The van der Waals surface area contributed by atoms with Crippen molar-refractivity contribution in [1.82, 2.24) is 0 Å². The molecule has 0 atom stereocenters. The number of nitrogen functional groups attached to an aromatic ring is 1. The van der Waals surface area contributed by atoms with Gasteiger partial charge in [0.05, 0.1) is 16.5 Å². The van der Waals surface area contributed by atoms with Crippen LogP contribution in [0.5, 0.6) is 11.5 Å². The molecule has 0 aliphatic carbocycles. The molecule has 1 amide bonds. The lowest BCUT2D eigenvalue weighted by molar-refractivity contribution is 0.102. The smallest absolute Gasteiger partial charge is 0.255 e. The van der Waals surface area contributed by atoms with Crippen molar-refractivity contribution in [3.63, 3.8) is 0 Å². The number of para-hydroxylation sites is 2. The number of rotatable bonds is 9. The summed E-state index contributed by atoms with van der Waals surface area (Å²) < 4.78 is 22.7. The number of ether oxygens (including phenoxy) is 2. The average molecular weight is 827 g/mol. The van der Waals surface area contributed by atoms with Crippen molar-refractivity contribution in [2.75, 3.05) is 24.3 Å². The van der Waals surface area contributed by atoms with Crippen LogP contribution in [-0.4, -0.2) is 24.4 Å². The van der Waals surface area contributed by atoms with Crippen LogP contribution in [0.2, 0.25) is 0 Å². The van der Waals surface area contributed by atoms with Gasteiger partial charge in [-0.2, -0.15) is 0 Å². The topological polar surface area (TPSA) is 151 Å². The Labute approximate surface area is 355 Å². The minimum atomic E-state index is -0.407. The molecule has 11 heteroatoms. The number of hydrogen-bond acceptors (Lipinski definition) is 9. The lowest BCUT2D eigenvalue weighted by Crippen LogP contribution is -2.13. The molecule has 0 radical (unpaired) electrons. The van der Waals surface area contributed by atoms with Gasteiger partial charge < -0.3 is 29.4 Å². The zero-order valence-electron chi connectivity index (χ0n) is 32.3. The third kappa shape index (κ3) is 11.0. The standard InChI is InChI=1S/C25H17NO4.C18H13NO3.C7H5ClO/c1-2-14-29-18-12-13-21(26-25(28)17-8-4-3-5-9-17)20(15-18)24-16-22(27)19-10-6-7-11-23(19)30-24;1-2-9-21-12-7-8-15(19)14(10-12)18-11-16(20)13-5-3-4-6-17(13)22-18;8-7(9)6-4-2-1-3-5-6/h1,3-13,15-16H,14H2,(H,26,28);1,3-8,10-11H,9,19H2;1-5H. The Morgan fingerprint density at radius 1 is 0.590 bits per heavy atom. The maximum absolute atomic E-state index is 12.7. The zero-order valence-corrected chi connectivity index (χ0v) is 33.1. The molecule has 0 fully saturated rings. The number of halogens is 1. The van der Waals surface area contributed by atoms with Gasteiger partial charge >= 0.3 is 0 Å². The van der Waals surface area contributed by atoms with Crippen LogP contribution in [0, 0.1) is 24.7 Å². The third-order valence-corrected chi connectivity index (χ3v) is 8.96. The van der Waals surface area contributed by atoms with Crippen LogP contribution in [0.3, 0.4) is 0 Å². The number of nitrogens with two attached hydrogens (primary N) is 1. The average Bonchev–Trinajstić information content (AvgIpc) is 3.29. The SMILES string of the molecule is C#CCOc1ccc(N)c(-c2cc(=O)c3ccccc3o2)c1.C#CCOc1ccc(NC(=O)c2ccccc2)c(-c2cc(=O)c3ccccc3o2)c1.O=C(Cl)c1ccccc1. The number of terminal acetylenes is 2. The van der Waals surface area contributed by atoms with Crippen molar-refractivity contribution in [3.05, 3.63) is 189 Å². The first-order valence-corrected chi connectivity index (χ1v) is 18.9. The number of anilines is 2. The number of benzene rings is 6. The fraction of sp³-hybridized carbons (Fsp3) is 0.0400. The fourth-order valence-corrected chi connectivity index (χ4v) is 5.97. The van der Waals surface area contributed by atoms with E-state index in [-0.39, 0.29) is 30.0 Å². The summed E-state index contributed by atoms with van der Waals surface area (Å²) in [5.74, 6) is 6.30. The van der Waals surface area contributed by atoms with Crippen LogP contribution in [0.4, 0.5) is 11.4 Å². The molecule has 2 heterocycles. The summed E-state index contributed by atoms with van der Waals surface area (Å²) in [5, 5.41) is 3.49. The van der Waals surface area contributed by atoms with E-state index in [1.165, 1.54) is 12.1 Å². The number of carbonyl (C=O) groups is 2. The van der Waals surface area contributed by atoms with Crippen molar-refractivity contribution in [1.29, 1.82) is 0 Å². The lowest BCUT2D eigenvalue weighted by Gasteiger charge is -2.13.